The van der Waals surface area contributed by atoms with Gasteiger partial charge in [-0.05, 0) is 67.7 Å². The molecule has 84 valence electrons. The number of hydrogen-bond donors (Lipinski definition) is 1. The van der Waals surface area contributed by atoms with E-state index in [0.717, 1.165) is 23.5 Å². The Labute approximate surface area is 125 Å². The van der Waals surface area contributed by atoms with Crippen molar-refractivity contribution < 1.29 is 0 Å². The summed E-state index contributed by atoms with van der Waals surface area (Å²) >= 11 is 13.4. The van der Waals surface area contributed by atoms with Crippen molar-refractivity contribution in [3.05, 3.63) is 53.2 Å². The van der Waals surface area contributed by atoms with Crippen LogP contribution in [0.4, 0.5) is 0 Å². The fourth-order valence-electron chi connectivity index (χ4n) is 1.38. The normalized spacial score (nSPS) is 12.8. The van der Waals surface area contributed by atoms with Crippen LogP contribution < -0.4 is 5.73 Å². The van der Waals surface area contributed by atoms with E-state index in [1.54, 1.807) is 11.3 Å². The first-order valence-electron chi connectivity index (χ1n) is 4.53. The molecule has 0 aliphatic rings. The summed E-state index contributed by atoms with van der Waals surface area (Å²) in [7, 11) is 0. The third-order valence-corrected chi connectivity index (χ3v) is 5.76. The Morgan fingerprint density at radius 1 is 1.38 bits per heavy atom. The second-order valence-electron chi connectivity index (χ2n) is 3.28. The summed E-state index contributed by atoms with van der Waals surface area (Å²) in [6, 6.07) is 7.82. The van der Waals surface area contributed by atoms with Crippen LogP contribution in [-0.2, 0) is 0 Å². The maximum absolute atomic E-state index is 6.20. The molecule has 1 unspecified atom stereocenters. The predicted octanol–water partition coefficient (Wildman–Crippen LogP) is 4.82. The lowest BCUT2D eigenvalue weighted by Crippen LogP contribution is -2.10. The van der Waals surface area contributed by atoms with Gasteiger partial charge in [0.25, 0.3) is 0 Å². The molecule has 5 heteroatoms. The van der Waals surface area contributed by atoms with Gasteiger partial charge in [0.2, 0.25) is 0 Å². The van der Waals surface area contributed by atoms with E-state index < -0.39 is 0 Å². The molecule has 0 spiro atoms. The van der Waals surface area contributed by atoms with E-state index in [4.69, 9.17) is 17.3 Å². The molecular weight excluding hydrogens is 420 g/mol. The van der Waals surface area contributed by atoms with Gasteiger partial charge in [-0.1, -0.05) is 17.7 Å². The number of rotatable bonds is 2. The van der Waals surface area contributed by atoms with Gasteiger partial charge >= 0.3 is 0 Å². The van der Waals surface area contributed by atoms with Gasteiger partial charge in [0.05, 0.1) is 11.1 Å². The first-order chi connectivity index (χ1) is 7.59. The standard InChI is InChI=1S/C11H8BrClINS/c12-7-3-4-16-11(7)10(15)6-1-2-9(14)8(13)5-6/h1-5,10H,15H2. The molecule has 1 nitrogen and oxygen atoms in total. The van der Waals surface area contributed by atoms with Crippen molar-refractivity contribution in [3.8, 4) is 0 Å². The molecule has 1 aromatic heterocycles. The van der Waals surface area contributed by atoms with Crippen molar-refractivity contribution in [2.75, 3.05) is 0 Å². The molecule has 2 aromatic rings. The molecule has 0 amide bonds. The highest BCUT2D eigenvalue weighted by Gasteiger charge is 2.14. The van der Waals surface area contributed by atoms with Crippen molar-refractivity contribution in [2.45, 2.75) is 6.04 Å². The first kappa shape index (κ1) is 12.8. The zero-order chi connectivity index (χ0) is 11.7. The maximum atomic E-state index is 6.20. The molecule has 0 fully saturated rings. The molecule has 2 N–H and O–H groups in total. The minimum absolute atomic E-state index is 0.121. The third kappa shape index (κ3) is 2.61. The van der Waals surface area contributed by atoms with Crippen LogP contribution in [0, 0.1) is 3.57 Å². The van der Waals surface area contributed by atoms with Crippen LogP contribution in [-0.4, -0.2) is 0 Å². The average molecular weight is 429 g/mol. The van der Waals surface area contributed by atoms with E-state index in [0.29, 0.717) is 0 Å². The number of nitrogens with two attached hydrogens (primary N) is 1. The molecule has 0 saturated carbocycles. The van der Waals surface area contributed by atoms with E-state index in [-0.39, 0.29) is 6.04 Å². The third-order valence-electron chi connectivity index (χ3n) is 2.23. The van der Waals surface area contributed by atoms with Crippen LogP contribution in [0.1, 0.15) is 16.5 Å². The fourth-order valence-corrected chi connectivity index (χ4v) is 3.56. The molecule has 0 radical (unpaired) electrons. The summed E-state index contributed by atoms with van der Waals surface area (Å²) in [4.78, 5) is 1.12. The van der Waals surface area contributed by atoms with Gasteiger partial charge in [0.15, 0.2) is 0 Å². The topological polar surface area (TPSA) is 26.0 Å². The summed E-state index contributed by atoms with van der Waals surface area (Å²) in [5.41, 5.74) is 7.24. The van der Waals surface area contributed by atoms with E-state index in [9.17, 15) is 0 Å². The minimum Gasteiger partial charge on any atom is -0.320 e. The highest BCUT2D eigenvalue weighted by Crippen LogP contribution is 2.33. The van der Waals surface area contributed by atoms with Crippen LogP contribution in [0.15, 0.2) is 34.1 Å². The molecule has 16 heavy (non-hydrogen) atoms. The Morgan fingerprint density at radius 2 is 2.12 bits per heavy atom. The first-order valence-corrected chi connectivity index (χ1v) is 7.66. The second kappa shape index (κ2) is 5.35. The van der Waals surface area contributed by atoms with Crippen LogP contribution in [0.3, 0.4) is 0 Å². The number of benzene rings is 1. The smallest absolute Gasteiger partial charge is 0.0657 e. The molecule has 1 heterocycles. The highest BCUT2D eigenvalue weighted by atomic mass is 127. The van der Waals surface area contributed by atoms with Crippen molar-refractivity contribution >= 4 is 61.5 Å². The molecule has 0 aliphatic carbocycles. The Balaban J connectivity index is 2.38. The molecule has 1 atom stereocenters. The lowest BCUT2D eigenvalue weighted by molar-refractivity contribution is 0.888. The monoisotopic (exact) mass is 427 g/mol. The molecular formula is C11H8BrClINS. The van der Waals surface area contributed by atoms with Gasteiger partial charge in [-0.2, -0.15) is 0 Å². The van der Waals surface area contributed by atoms with Gasteiger partial charge in [-0.15, -0.1) is 11.3 Å². The van der Waals surface area contributed by atoms with E-state index >= 15 is 0 Å². The van der Waals surface area contributed by atoms with Crippen LogP contribution in [0.2, 0.25) is 5.02 Å². The van der Waals surface area contributed by atoms with Crippen LogP contribution in [0.25, 0.3) is 0 Å². The number of hydrogen-bond acceptors (Lipinski definition) is 2. The van der Waals surface area contributed by atoms with Gasteiger partial charge < -0.3 is 5.73 Å². The van der Waals surface area contributed by atoms with Gasteiger partial charge in [0.1, 0.15) is 0 Å². The zero-order valence-corrected chi connectivity index (χ0v) is 13.4. The molecule has 0 aliphatic heterocycles. The fraction of sp³-hybridized carbons (Fsp3) is 0.0909. The van der Waals surface area contributed by atoms with Crippen molar-refractivity contribution in [1.82, 2.24) is 0 Å². The molecule has 2 rings (SSSR count). The SMILES string of the molecule is NC(c1ccc(I)c(Cl)c1)c1sccc1Br. The lowest BCUT2D eigenvalue weighted by atomic mass is 10.1. The van der Waals surface area contributed by atoms with Crippen molar-refractivity contribution in [2.24, 2.45) is 5.73 Å². The second-order valence-corrected chi connectivity index (χ2v) is 6.66. The molecule has 0 bridgehead atoms. The average Bonchev–Trinajstić information content (AvgIpc) is 2.67. The maximum Gasteiger partial charge on any atom is 0.0657 e. The highest BCUT2D eigenvalue weighted by molar-refractivity contribution is 14.1. The van der Waals surface area contributed by atoms with Crippen molar-refractivity contribution in [3.63, 3.8) is 0 Å². The van der Waals surface area contributed by atoms with Crippen LogP contribution in [0.5, 0.6) is 0 Å². The number of thiophene rings is 1. The predicted molar refractivity (Wildman–Crippen MR) is 82.2 cm³/mol. The molecule has 1 aromatic carbocycles. The summed E-state index contributed by atoms with van der Waals surface area (Å²) < 4.78 is 2.10. The summed E-state index contributed by atoms with van der Waals surface area (Å²) in [5, 5.41) is 2.77. The van der Waals surface area contributed by atoms with Gasteiger partial charge in [-0.25, -0.2) is 0 Å². The Morgan fingerprint density at radius 3 is 2.69 bits per heavy atom. The van der Waals surface area contributed by atoms with E-state index in [1.165, 1.54) is 0 Å². The molecule has 0 saturated heterocycles. The van der Waals surface area contributed by atoms with Gasteiger partial charge in [0, 0.05) is 12.9 Å². The van der Waals surface area contributed by atoms with Crippen LogP contribution >= 0.6 is 61.5 Å². The van der Waals surface area contributed by atoms with Gasteiger partial charge in [-0.3, -0.25) is 0 Å². The summed E-state index contributed by atoms with van der Waals surface area (Å²) in [6.07, 6.45) is 0. The number of halogens is 3. The largest absolute Gasteiger partial charge is 0.320 e. The van der Waals surface area contributed by atoms with E-state index in [1.807, 2.05) is 29.6 Å². The van der Waals surface area contributed by atoms with Crippen molar-refractivity contribution in [1.29, 1.82) is 0 Å². The van der Waals surface area contributed by atoms with E-state index in [2.05, 4.69) is 38.5 Å². The summed E-state index contributed by atoms with van der Waals surface area (Å²) in [5.74, 6) is 0. The quantitative estimate of drug-likeness (QED) is 0.682. The lowest BCUT2D eigenvalue weighted by Gasteiger charge is -2.11. The zero-order valence-electron chi connectivity index (χ0n) is 8.08. The Hall–Kier alpha value is 0.380. The Bertz CT molecular complexity index is 514. The summed E-state index contributed by atoms with van der Waals surface area (Å²) in [6.45, 7) is 0. The Kier molecular flexibility index (Phi) is 4.29. The minimum atomic E-state index is -0.121.